The van der Waals surface area contributed by atoms with Gasteiger partial charge in [0, 0.05) is 5.75 Å². The highest BCUT2D eigenvalue weighted by Gasteiger charge is 2.54. The van der Waals surface area contributed by atoms with Crippen LogP contribution in [0, 0.1) is 0 Å². The minimum Gasteiger partial charge on any atom is -0.500 e. The fourth-order valence-electron chi connectivity index (χ4n) is 2.56. The van der Waals surface area contributed by atoms with Gasteiger partial charge in [0.2, 0.25) is 0 Å². The molecule has 0 aliphatic carbocycles. The Labute approximate surface area is 141 Å². The normalized spacial score (nSPS) is 22.5. The molecule has 1 saturated heterocycles. The third-order valence-electron chi connectivity index (χ3n) is 3.69. The van der Waals surface area contributed by atoms with Crippen LogP contribution in [0.4, 0.5) is 0 Å². The number of benzene rings is 1. The molecule has 0 spiro atoms. The maximum Gasteiger partial charge on any atom is 0.357 e. The molecular weight excluding hydrogens is 336 g/mol. The standard InChI is InChI=1S/C15H14N2O6S/c18-10(6-23-8-4-2-1-3-5-8)16-11-9-7-24-15(22)12(14(20)21)17(9)13(11)19/h1-5,9,11,22H,6-7H2,(H,16,18)(H,20,21)/t9-,11+/m1/s1. The van der Waals surface area contributed by atoms with E-state index in [9.17, 15) is 19.5 Å². The monoisotopic (exact) mass is 350 g/mol. The van der Waals surface area contributed by atoms with Crippen molar-refractivity contribution >= 4 is 29.5 Å². The fraction of sp³-hybridized carbons (Fsp3) is 0.267. The number of carboxylic acid groups (broad SMARTS) is 1. The van der Waals surface area contributed by atoms with E-state index in [4.69, 9.17) is 9.84 Å². The van der Waals surface area contributed by atoms with E-state index in [2.05, 4.69) is 5.32 Å². The number of thioether (sulfide) groups is 1. The van der Waals surface area contributed by atoms with E-state index in [1.807, 2.05) is 6.07 Å². The predicted octanol–water partition coefficient (Wildman–Crippen LogP) is 0.320. The van der Waals surface area contributed by atoms with Crippen LogP contribution in [-0.4, -0.2) is 57.3 Å². The van der Waals surface area contributed by atoms with Crippen molar-refractivity contribution in [2.24, 2.45) is 0 Å². The van der Waals surface area contributed by atoms with E-state index >= 15 is 0 Å². The molecule has 2 aliphatic heterocycles. The van der Waals surface area contributed by atoms with Crippen molar-refractivity contribution in [1.29, 1.82) is 0 Å². The Balaban J connectivity index is 1.59. The SMILES string of the molecule is O=C(COc1ccccc1)N[C@@H]1C(=O)N2C(C(=O)O)=C(O)SC[C@H]12. The van der Waals surface area contributed by atoms with Crippen molar-refractivity contribution < 1.29 is 29.3 Å². The number of hydrogen-bond acceptors (Lipinski definition) is 6. The molecule has 2 amide bonds. The van der Waals surface area contributed by atoms with Crippen LogP contribution in [0.5, 0.6) is 5.75 Å². The Morgan fingerprint density at radius 2 is 2.04 bits per heavy atom. The Morgan fingerprint density at radius 3 is 2.71 bits per heavy atom. The molecule has 2 aliphatic rings. The van der Waals surface area contributed by atoms with E-state index < -0.39 is 40.7 Å². The summed E-state index contributed by atoms with van der Waals surface area (Å²) in [7, 11) is 0. The molecule has 0 bridgehead atoms. The first-order valence-corrected chi connectivity index (χ1v) is 8.07. The number of fused-ring (bicyclic) bond motifs is 1. The topological polar surface area (TPSA) is 116 Å². The number of aliphatic hydroxyl groups excluding tert-OH is 1. The zero-order valence-electron chi connectivity index (χ0n) is 12.3. The summed E-state index contributed by atoms with van der Waals surface area (Å²) < 4.78 is 5.30. The predicted molar refractivity (Wildman–Crippen MR) is 84.3 cm³/mol. The average Bonchev–Trinajstić information content (AvgIpc) is 2.58. The first kappa shape index (κ1) is 16.2. The molecule has 126 valence electrons. The van der Waals surface area contributed by atoms with Gasteiger partial charge in [0.25, 0.3) is 11.8 Å². The molecule has 9 heteroatoms. The number of carboxylic acids is 1. The number of β-lactam (4-membered cyclic amide) rings is 1. The number of para-hydroxylation sites is 1. The van der Waals surface area contributed by atoms with Crippen LogP contribution in [0.15, 0.2) is 41.1 Å². The number of amides is 2. The molecule has 0 saturated carbocycles. The number of hydrogen-bond donors (Lipinski definition) is 3. The highest BCUT2D eigenvalue weighted by Crippen LogP contribution is 2.37. The van der Waals surface area contributed by atoms with Crippen LogP contribution in [0.3, 0.4) is 0 Å². The molecule has 3 N–H and O–H groups in total. The first-order valence-electron chi connectivity index (χ1n) is 7.08. The largest absolute Gasteiger partial charge is 0.500 e. The molecule has 3 rings (SSSR count). The van der Waals surface area contributed by atoms with Crippen molar-refractivity contribution in [3.63, 3.8) is 0 Å². The summed E-state index contributed by atoms with van der Waals surface area (Å²) in [5.74, 6) is -1.58. The molecule has 2 atom stereocenters. The zero-order chi connectivity index (χ0) is 17.3. The maximum atomic E-state index is 12.1. The van der Waals surface area contributed by atoms with Gasteiger partial charge in [-0.3, -0.25) is 14.5 Å². The molecule has 8 nitrogen and oxygen atoms in total. The summed E-state index contributed by atoms with van der Waals surface area (Å²) in [6.07, 6.45) is 0. The second kappa shape index (κ2) is 6.44. The lowest BCUT2D eigenvalue weighted by Gasteiger charge is -2.48. The summed E-state index contributed by atoms with van der Waals surface area (Å²) in [5.41, 5.74) is -0.438. The highest BCUT2D eigenvalue weighted by molar-refractivity contribution is 8.02. The van der Waals surface area contributed by atoms with Gasteiger partial charge in [-0.15, -0.1) is 0 Å². The van der Waals surface area contributed by atoms with Crippen LogP contribution < -0.4 is 10.1 Å². The molecule has 1 aromatic rings. The molecule has 1 fully saturated rings. The first-order chi connectivity index (χ1) is 11.5. The number of nitrogens with one attached hydrogen (secondary N) is 1. The van der Waals surface area contributed by atoms with Gasteiger partial charge in [-0.1, -0.05) is 30.0 Å². The van der Waals surface area contributed by atoms with Crippen molar-refractivity contribution in [3.8, 4) is 5.75 Å². The van der Waals surface area contributed by atoms with Crippen molar-refractivity contribution in [2.45, 2.75) is 12.1 Å². The summed E-state index contributed by atoms with van der Waals surface area (Å²) in [4.78, 5) is 36.2. The summed E-state index contributed by atoms with van der Waals surface area (Å²) in [6.45, 7) is -0.249. The molecule has 1 aromatic carbocycles. The van der Waals surface area contributed by atoms with Gasteiger partial charge in [0.05, 0.1) is 6.04 Å². The number of ether oxygens (including phenoxy) is 1. The number of rotatable bonds is 5. The van der Waals surface area contributed by atoms with Crippen LogP contribution >= 0.6 is 11.8 Å². The van der Waals surface area contributed by atoms with E-state index in [0.717, 1.165) is 16.7 Å². The summed E-state index contributed by atoms with van der Waals surface area (Å²) in [6, 6.07) is 7.45. The minimum absolute atomic E-state index is 0.249. The van der Waals surface area contributed by atoms with Gasteiger partial charge >= 0.3 is 5.97 Å². The van der Waals surface area contributed by atoms with Gasteiger partial charge in [-0.25, -0.2) is 4.79 Å². The lowest BCUT2D eigenvalue weighted by molar-refractivity contribution is -0.154. The molecule has 0 radical (unpaired) electrons. The second-order valence-electron chi connectivity index (χ2n) is 5.19. The summed E-state index contributed by atoms with van der Waals surface area (Å²) >= 11 is 0.939. The quantitative estimate of drug-likeness (QED) is 0.655. The lowest BCUT2D eigenvalue weighted by atomic mass is 9.95. The average molecular weight is 350 g/mol. The van der Waals surface area contributed by atoms with Crippen molar-refractivity contribution in [1.82, 2.24) is 10.2 Å². The van der Waals surface area contributed by atoms with Gasteiger partial charge in [-0.05, 0) is 12.1 Å². The Kier molecular flexibility index (Phi) is 4.34. The van der Waals surface area contributed by atoms with Crippen molar-refractivity contribution in [3.05, 3.63) is 41.1 Å². The Bertz CT molecular complexity index is 720. The lowest BCUT2D eigenvalue weighted by Crippen LogP contribution is -2.72. The molecule has 24 heavy (non-hydrogen) atoms. The summed E-state index contributed by atoms with van der Waals surface area (Å²) in [5, 5.41) is 20.9. The van der Waals surface area contributed by atoms with Crippen LogP contribution in [0.25, 0.3) is 0 Å². The van der Waals surface area contributed by atoms with E-state index in [1.165, 1.54) is 0 Å². The fourth-order valence-corrected chi connectivity index (χ4v) is 3.55. The van der Waals surface area contributed by atoms with Crippen molar-refractivity contribution in [2.75, 3.05) is 12.4 Å². The number of aliphatic hydroxyl groups is 1. The number of carbonyl (C=O) groups is 3. The van der Waals surface area contributed by atoms with E-state index in [-0.39, 0.29) is 6.61 Å². The third-order valence-corrected chi connectivity index (χ3v) is 4.66. The Morgan fingerprint density at radius 1 is 1.33 bits per heavy atom. The molecule has 2 heterocycles. The van der Waals surface area contributed by atoms with E-state index in [1.54, 1.807) is 24.3 Å². The van der Waals surface area contributed by atoms with E-state index in [0.29, 0.717) is 11.5 Å². The highest BCUT2D eigenvalue weighted by atomic mass is 32.2. The third kappa shape index (κ3) is 2.90. The van der Waals surface area contributed by atoms with Crippen LogP contribution in [0.1, 0.15) is 0 Å². The van der Waals surface area contributed by atoms with Crippen LogP contribution in [0.2, 0.25) is 0 Å². The molecule has 0 unspecified atom stereocenters. The number of carbonyl (C=O) groups excluding carboxylic acids is 2. The van der Waals surface area contributed by atoms with Gasteiger partial charge in [-0.2, -0.15) is 0 Å². The smallest absolute Gasteiger partial charge is 0.357 e. The maximum absolute atomic E-state index is 12.1. The zero-order valence-corrected chi connectivity index (χ0v) is 13.2. The molecular formula is C15H14N2O6S. The number of nitrogens with zero attached hydrogens (tertiary/aromatic N) is 1. The number of aliphatic carboxylic acids is 1. The second-order valence-corrected chi connectivity index (χ2v) is 6.20. The minimum atomic E-state index is -1.38. The van der Waals surface area contributed by atoms with Gasteiger partial charge in [0.15, 0.2) is 17.4 Å². The van der Waals surface area contributed by atoms with Crippen LogP contribution in [-0.2, 0) is 14.4 Å². The molecule has 0 aromatic heterocycles. The van der Waals surface area contributed by atoms with Gasteiger partial charge in [0.1, 0.15) is 11.8 Å². The van der Waals surface area contributed by atoms with Gasteiger partial charge < -0.3 is 20.3 Å². The Hall–Kier alpha value is -2.68.